The molecule has 122 valence electrons. The Hall–Kier alpha value is -1.98. The highest BCUT2D eigenvalue weighted by molar-refractivity contribution is 6.05. The fourth-order valence-electron chi connectivity index (χ4n) is 3.51. The number of nitrogens with zero attached hydrogens (tertiary/aromatic N) is 2. The normalized spacial score (nSPS) is 19.3. The van der Waals surface area contributed by atoms with Crippen LogP contribution in [0.15, 0.2) is 30.3 Å². The van der Waals surface area contributed by atoms with Crippen LogP contribution in [-0.4, -0.2) is 57.7 Å². The quantitative estimate of drug-likeness (QED) is 0.921. The van der Waals surface area contributed by atoms with E-state index in [1.807, 2.05) is 12.1 Å². The number of morpholine rings is 2. The Labute approximate surface area is 136 Å². The van der Waals surface area contributed by atoms with E-state index in [0.29, 0.717) is 19.0 Å². The molecule has 0 aliphatic carbocycles. The van der Waals surface area contributed by atoms with Crippen molar-refractivity contribution < 1.29 is 14.6 Å². The summed E-state index contributed by atoms with van der Waals surface area (Å²) in [7, 11) is 0. The van der Waals surface area contributed by atoms with Gasteiger partial charge in [0.2, 0.25) is 0 Å². The molecule has 2 aliphatic heterocycles. The number of ether oxygens (including phenoxy) is 2. The van der Waals surface area contributed by atoms with Crippen LogP contribution in [0.2, 0.25) is 0 Å². The minimum atomic E-state index is 0.354. The number of hydrogen-bond acceptors (Lipinski definition) is 5. The predicted octanol–water partition coefficient (Wildman–Crippen LogP) is 2.22. The van der Waals surface area contributed by atoms with Gasteiger partial charge in [-0.2, -0.15) is 0 Å². The van der Waals surface area contributed by atoms with Crippen molar-refractivity contribution in [2.24, 2.45) is 0 Å². The van der Waals surface area contributed by atoms with Crippen LogP contribution in [0.1, 0.15) is 0 Å². The summed E-state index contributed by atoms with van der Waals surface area (Å²) in [5.41, 5.74) is 2.03. The van der Waals surface area contributed by atoms with Crippen LogP contribution in [0.4, 0.5) is 11.4 Å². The van der Waals surface area contributed by atoms with E-state index >= 15 is 0 Å². The molecule has 0 saturated carbocycles. The van der Waals surface area contributed by atoms with Gasteiger partial charge in [-0.25, -0.2) is 0 Å². The number of phenolic OH excluding ortho intramolecular Hbond substituents is 1. The summed E-state index contributed by atoms with van der Waals surface area (Å²) in [4.78, 5) is 4.53. The second kappa shape index (κ2) is 6.26. The van der Waals surface area contributed by atoms with Gasteiger partial charge in [0.05, 0.1) is 32.1 Å². The zero-order valence-electron chi connectivity index (χ0n) is 13.2. The summed E-state index contributed by atoms with van der Waals surface area (Å²) in [6, 6.07) is 10.3. The maximum atomic E-state index is 10.7. The molecule has 0 spiro atoms. The van der Waals surface area contributed by atoms with Crippen molar-refractivity contribution in [2.45, 2.75) is 0 Å². The Bertz CT molecular complexity index is 692. The lowest BCUT2D eigenvalue weighted by Gasteiger charge is -2.33. The number of phenols is 1. The van der Waals surface area contributed by atoms with E-state index in [1.54, 1.807) is 0 Å². The van der Waals surface area contributed by atoms with Crippen molar-refractivity contribution in [3.8, 4) is 5.75 Å². The lowest BCUT2D eigenvalue weighted by Crippen LogP contribution is -2.37. The molecule has 4 rings (SSSR count). The third kappa shape index (κ3) is 2.71. The molecule has 2 fully saturated rings. The van der Waals surface area contributed by atoms with Crippen LogP contribution in [0, 0.1) is 0 Å². The van der Waals surface area contributed by atoms with Gasteiger partial charge in [0, 0.05) is 48.7 Å². The molecular formula is C18H22N2O3. The zero-order valence-corrected chi connectivity index (χ0v) is 13.2. The van der Waals surface area contributed by atoms with Gasteiger partial charge in [-0.15, -0.1) is 0 Å². The first-order chi connectivity index (χ1) is 11.3. The van der Waals surface area contributed by atoms with Gasteiger partial charge in [-0.05, 0) is 0 Å². The smallest absolute Gasteiger partial charge is 0.141 e. The van der Waals surface area contributed by atoms with Gasteiger partial charge in [0.1, 0.15) is 5.75 Å². The highest BCUT2D eigenvalue weighted by atomic mass is 16.5. The summed E-state index contributed by atoms with van der Waals surface area (Å²) >= 11 is 0. The van der Waals surface area contributed by atoms with Crippen molar-refractivity contribution >= 4 is 22.1 Å². The fraction of sp³-hybridized carbons (Fsp3) is 0.444. The number of anilines is 2. The van der Waals surface area contributed by atoms with E-state index < -0.39 is 0 Å². The average Bonchev–Trinajstić information content (AvgIpc) is 2.62. The number of hydrogen-bond donors (Lipinski definition) is 1. The van der Waals surface area contributed by atoms with Crippen LogP contribution in [-0.2, 0) is 9.47 Å². The van der Waals surface area contributed by atoms with Crippen LogP contribution < -0.4 is 9.80 Å². The highest BCUT2D eigenvalue weighted by Gasteiger charge is 2.22. The first-order valence-electron chi connectivity index (χ1n) is 8.25. The predicted molar refractivity (Wildman–Crippen MR) is 91.7 cm³/mol. The summed E-state index contributed by atoms with van der Waals surface area (Å²) in [6.07, 6.45) is 0. The van der Waals surface area contributed by atoms with E-state index in [9.17, 15) is 5.11 Å². The van der Waals surface area contributed by atoms with Crippen molar-refractivity contribution in [1.29, 1.82) is 0 Å². The monoisotopic (exact) mass is 314 g/mol. The lowest BCUT2D eigenvalue weighted by atomic mass is 10.0. The number of fused-ring (bicyclic) bond motifs is 1. The summed E-state index contributed by atoms with van der Waals surface area (Å²) in [6.45, 7) is 6.24. The molecule has 5 nitrogen and oxygen atoms in total. The van der Waals surface area contributed by atoms with Gasteiger partial charge in [0.15, 0.2) is 0 Å². The number of benzene rings is 2. The Kier molecular flexibility index (Phi) is 3.97. The molecule has 23 heavy (non-hydrogen) atoms. The van der Waals surface area contributed by atoms with Crippen LogP contribution in [0.5, 0.6) is 5.75 Å². The lowest BCUT2D eigenvalue weighted by molar-refractivity contribution is 0.122. The highest BCUT2D eigenvalue weighted by Crippen LogP contribution is 2.41. The Balaban J connectivity index is 1.83. The fourth-order valence-corrected chi connectivity index (χ4v) is 3.51. The van der Waals surface area contributed by atoms with Gasteiger partial charge in [0.25, 0.3) is 0 Å². The second-order valence-electron chi connectivity index (χ2n) is 6.01. The third-order valence-corrected chi connectivity index (χ3v) is 4.65. The van der Waals surface area contributed by atoms with E-state index in [0.717, 1.165) is 56.2 Å². The van der Waals surface area contributed by atoms with E-state index in [-0.39, 0.29) is 0 Å². The molecule has 0 atom stereocenters. The van der Waals surface area contributed by atoms with Gasteiger partial charge in [-0.3, -0.25) is 0 Å². The van der Waals surface area contributed by atoms with Gasteiger partial charge < -0.3 is 24.4 Å². The molecule has 2 heterocycles. The number of rotatable bonds is 2. The van der Waals surface area contributed by atoms with Gasteiger partial charge >= 0.3 is 0 Å². The molecule has 2 saturated heterocycles. The Morgan fingerprint density at radius 1 is 0.783 bits per heavy atom. The maximum Gasteiger partial charge on any atom is 0.141 e. The van der Waals surface area contributed by atoms with Crippen molar-refractivity contribution in [2.75, 3.05) is 62.4 Å². The zero-order chi connectivity index (χ0) is 15.6. The molecular weight excluding hydrogens is 292 g/mol. The summed E-state index contributed by atoms with van der Waals surface area (Å²) in [5.74, 6) is 0.354. The van der Waals surface area contributed by atoms with Crippen molar-refractivity contribution in [3.63, 3.8) is 0 Å². The molecule has 2 aromatic carbocycles. The molecule has 0 amide bonds. The van der Waals surface area contributed by atoms with E-state index in [2.05, 4.69) is 28.0 Å². The topological polar surface area (TPSA) is 45.2 Å². The molecule has 0 aromatic heterocycles. The van der Waals surface area contributed by atoms with Crippen molar-refractivity contribution in [1.82, 2.24) is 0 Å². The molecule has 0 radical (unpaired) electrons. The molecule has 0 bridgehead atoms. The first-order valence-corrected chi connectivity index (χ1v) is 8.25. The van der Waals surface area contributed by atoms with Crippen LogP contribution in [0.3, 0.4) is 0 Å². The van der Waals surface area contributed by atoms with E-state index in [4.69, 9.17) is 9.47 Å². The Morgan fingerprint density at radius 3 is 2.00 bits per heavy atom. The van der Waals surface area contributed by atoms with Crippen LogP contribution in [0.25, 0.3) is 10.8 Å². The van der Waals surface area contributed by atoms with E-state index in [1.165, 1.54) is 5.39 Å². The third-order valence-electron chi connectivity index (χ3n) is 4.65. The number of aromatic hydroxyl groups is 1. The van der Waals surface area contributed by atoms with Gasteiger partial charge in [-0.1, -0.05) is 24.3 Å². The van der Waals surface area contributed by atoms with Crippen LogP contribution >= 0.6 is 0 Å². The molecule has 2 aromatic rings. The first kappa shape index (κ1) is 14.6. The molecule has 1 N–H and O–H groups in total. The molecule has 0 unspecified atom stereocenters. The largest absolute Gasteiger partial charge is 0.506 e. The minimum absolute atomic E-state index is 0.354. The summed E-state index contributed by atoms with van der Waals surface area (Å²) < 4.78 is 10.9. The SMILES string of the molecule is Oc1cc(N2CCOCC2)c2ccccc2c1N1CCOCC1. The maximum absolute atomic E-state index is 10.7. The Morgan fingerprint density at radius 2 is 1.35 bits per heavy atom. The summed E-state index contributed by atoms with van der Waals surface area (Å²) in [5, 5.41) is 13.0. The average molecular weight is 314 g/mol. The second-order valence-corrected chi connectivity index (χ2v) is 6.01. The van der Waals surface area contributed by atoms with Crippen molar-refractivity contribution in [3.05, 3.63) is 30.3 Å². The molecule has 2 aliphatic rings. The standard InChI is InChI=1S/C18H22N2O3/c21-17-13-16(19-5-9-22-10-6-19)14-3-1-2-4-15(14)18(17)20-7-11-23-12-8-20/h1-4,13,21H,5-12H2. The molecule has 5 heteroatoms. The minimum Gasteiger partial charge on any atom is -0.506 e.